The predicted molar refractivity (Wildman–Crippen MR) is 104 cm³/mol. The highest BCUT2D eigenvalue weighted by Crippen LogP contribution is 2.27. The zero-order valence-corrected chi connectivity index (χ0v) is 16.2. The molecule has 0 saturated carbocycles. The number of halogens is 1. The van der Waals surface area contributed by atoms with Crippen molar-refractivity contribution in [2.75, 3.05) is 39.8 Å². The highest BCUT2D eigenvalue weighted by atomic mass is 19.1. The van der Waals surface area contributed by atoms with E-state index in [9.17, 15) is 14.0 Å². The Kier molecular flexibility index (Phi) is 5.39. The van der Waals surface area contributed by atoms with Crippen LogP contribution in [0, 0.1) is 11.7 Å². The lowest BCUT2D eigenvalue weighted by atomic mass is 9.95. The van der Waals surface area contributed by atoms with Crippen molar-refractivity contribution < 1.29 is 13.9 Å². The number of methoxy groups -OCH3 is 1. The van der Waals surface area contributed by atoms with Gasteiger partial charge in [-0.25, -0.2) is 14.0 Å². The van der Waals surface area contributed by atoms with Gasteiger partial charge in [0.2, 0.25) is 0 Å². The molecule has 28 heavy (non-hydrogen) atoms. The largest absolute Gasteiger partial charge is 0.453 e. The number of carbonyl (C=O) groups is 1. The number of piperidine rings is 2. The molecule has 2 aliphatic heterocycles. The number of carbonyl (C=O) groups excluding carboxylic acids is 1. The van der Waals surface area contributed by atoms with Crippen LogP contribution >= 0.6 is 0 Å². The highest BCUT2D eigenvalue weighted by Gasteiger charge is 2.28. The van der Waals surface area contributed by atoms with Crippen LogP contribution in [0.1, 0.15) is 31.7 Å². The summed E-state index contributed by atoms with van der Waals surface area (Å²) in [5, 5.41) is 0. The number of aromatic nitrogens is 2. The lowest BCUT2D eigenvalue weighted by Gasteiger charge is -2.37. The Morgan fingerprint density at radius 3 is 2.57 bits per heavy atom. The third-order valence-corrected chi connectivity index (χ3v) is 6.17. The molecule has 1 aromatic heterocycles. The fourth-order valence-electron chi connectivity index (χ4n) is 4.61. The second kappa shape index (κ2) is 7.95. The van der Waals surface area contributed by atoms with Gasteiger partial charge in [-0.1, -0.05) is 0 Å². The van der Waals surface area contributed by atoms with Gasteiger partial charge in [-0.15, -0.1) is 0 Å². The van der Waals surface area contributed by atoms with Gasteiger partial charge in [-0.05, 0) is 49.8 Å². The first-order chi connectivity index (χ1) is 13.5. The highest BCUT2D eigenvalue weighted by molar-refractivity contribution is 5.75. The number of rotatable bonds is 3. The van der Waals surface area contributed by atoms with Crippen molar-refractivity contribution in [3.05, 3.63) is 34.5 Å². The van der Waals surface area contributed by atoms with Crippen molar-refractivity contribution in [2.45, 2.75) is 31.7 Å². The number of amides is 1. The Labute approximate surface area is 163 Å². The zero-order valence-electron chi connectivity index (χ0n) is 16.2. The number of likely N-dealkylation sites (tertiary alicyclic amines) is 2. The summed E-state index contributed by atoms with van der Waals surface area (Å²) < 4.78 is 20.2. The van der Waals surface area contributed by atoms with Gasteiger partial charge >= 0.3 is 11.8 Å². The minimum Gasteiger partial charge on any atom is -0.453 e. The number of nitrogens with one attached hydrogen (secondary N) is 1. The maximum atomic E-state index is 13.6. The van der Waals surface area contributed by atoms with Gasteiger partial charge in [-0.2, -0.15) is 0 Å². The third-order valence-electron chi connectivity index (χ3n) is 6.17. The van der Waals surface area contributed by atoms with E-state index in [1.165, 1.54) is 19.2 Å². The van der Waals surface area contributed by atoms with Crippen LogP contribution in [0.25, 0.3) is 11.0 Å². The maximum absolute atomic E-state index is 13.6. The van der Waals surface area contributed by atoms with E-state index in [1.54, 1.807) is 15.5 Å². The van der Waals surface area contributed by atoms with Crippen molar-refractivity contribution in [1.82, 2.24) is 19.4 Å². The Balaban J connectivity index is 1.33. The van der Waals surface area contributed by atoms with E-state index in [4.69, 9.17) is 4.74 Å². The number of nitrogens with zero attached hydrogens (tertiary/aromatic N) is 3. The summed E-state index contributed by atoms with van der Waals surface area (Å²) >= 11 is 0. The number of aromatic amines is 1. The summed E-state index contributed by atoms with van der Waals surface area (Å²) in [6.45, 7) is 4.39. The monoisotopic (exact) mass is 390 g/mol. The molecule has 1 N–H and O–H groups in total. The molecule has 0 radical (unpaired) electrons. The van der Waals surface area contributed by atoms with Crippen LogP contribution in [0.4, 0.5) is 9.18 Å². The van der Waals surface area contributed by atoms with Crippen LogP contribution in [0.3, 0.4) is 0 Å². The molecule has 2 fully saturated rings. The number of H-pyrrole nitrogens is 1. The molecular weight excluding hydrogens is 363 g/mol. The number of imidazole rings is 1. The van der Waals surface area contributed by atoms with Gasteiger partial charge in [0.05, 0.1) is 18.1 Å². The average Bonchev–Trinajstić information content (AvgIpc) is 3.03. The van der Waals surface area contributed by atoms with E-state index < -0.39 is 0 Å². The van der Waals surface area contributed by atoms with Crippen molar-refractivity contribution in [3.63, 3.8) is 0 Å². The molecule has 152 valence electrons. The number of benzene rings is 1. The Morgan fingerprint density at radius 1 is 1.18 bits per heavy atom. The summed E-state index contributed by atoms with van der Waals surface area (Å²) in [7, 11) is 1.42. The molecule has 0 unspecified atom stereocenters. The van der Waals surface area contributed by atoms with Gasteiger partial charge in [0, 0.05) is 38.8 Å². The summed E-state index contributed by atoms with van der Waals surface area (Å²) in [5.41, 5.74) is 1.18. The number of ether oxygens (including phenoxy) is 1. The maximum Gasteiger partial charge on any atom is 0.409 e. The van der Waals surface area contributed by atoms with E-state index in [-0.39, 0.29) is 23.6 Å². The van der Waals surface area contributed by atoms with Gasteiger partial charge in [-0.3, -0.25) is 4.57 Å². The van der Waals surface area contributed by atoms with Crippen molar-refractivity contribution >= 4 is 17.1 Å². The smallest absolute Gasteiger partial charge is 0.409 e. The Hall–Kier alpha value is -2.35. The molecule has 0 spiro atoms. The van der Waals surface area contributed by atoms with Crippen molar-refractivity contribution in [1.29, 1.82) is 0 Å². The summed E-state index contributed by atoms with van der Waals surface area (Å²) in [6.07, 6.45) is 3.51. The van der Waals surface area contributed by atoms with E-state index in [2.05, 4.69) is 9.88 Å². The van der Waals surface area contributed by atoms with Crippen LogP contribution < -0.4 is 5.69 Å². The van der Waals surface area contributed by atoms with Crippen molar-refractivity contribution in [3.8, 4) is 0 Å². The Bertz CT molecular complexity index is 892. The third kappa shape index (κ3) is 3.78. The SMILES string of the molecule is COC(=O)N1CCC(CN2CCC(n3c(=O)[nH]c4ccc(F)cc43)CC2)CC1. The van der Waals surface area contributed by atoms with E-state index in [0.29, 0.717) is 17.0 Å². The molecule has 2 aromatic rings. The number of fused-ring (bicyclic) bond motifs is 1. The number of hydrogen-bond acceptors (Lipinski definition) is 4. The second-order valence-electron chi connectivity index (χ2n) is 7.89. The molecule has 0 atom stereocenters. The first-order valence-electron chi connectivity index (χ1n) is 10.00. The summed E-state index contributed by atoms with van der Waals surface area (Å²) in [4.78, 5) is 31.0. The summed E-state index contributed by atoms with van der Waals surface area (Å²) in [6, 6.07) is 4.53. The molecule has 1 aromatic carbocycles. The molecule has 4 rings (SSSR count). The predicted octanol–water partition coefficient (Wildman–Crippen LogP) is 2.58. The van der Waals surface area contributed by atoms with E-state index >= 15 is 0 Å². The fourth-order valence-corrected chi connectivity index (χ4v) is 4.61. The van der Waals surface area contributed by atoms with E-state index in [0.717, 1.165) is 58.4 Å². The molecule has 1 amide bonds. The van der Waals surface area contributed by atoms with Gasteiger partial charge < -0.3 is 19.5 Å². The van der Waals surface area contributed by atoms with Crippen molar-refractivity contribution in [2.24, 2.45) is 5.92 Å². The van der Waals surface area contributed by atoms with Crippen LogP contribution in [0.15, 0.2) is 23.0 Å². The van der Waals surface area contributed by atoms with E-state index in [1.807, 2.05) is 0 Å². The molecular formula is C20H27FN4O3. The standard InChI is InChI=1S/C20H27FN4O3/c1-28-20(27)24-10-4-14(5-11-24)13-23-8-6-16(7-9-23)25-18-12-15(21)2-3-17(18)22-19(25)26/h2-3,12,14,16H,4-11,13H2,1H3,(H,22,26). The molecule has 2 saturated heterocycles. The van der Waals surface area contributed by atoms with Crippen LogP contribution in [0.5, 0.6) is 0 Å². The van der Waals surface area contributed by atoms with Crippen LogP contribution in [-0.4, -0.2) is 65.3 Å². The molecule has 8 heteroatoms. The lowest BCUT2D eigenvalue weighted by molar-refractivity contribution is 0.0920. The molecule has 7 nitrogen and oxygen atoms in total. The molecule has 3 heterocycles. The zero-order chi connectivity index (χ0) is 19.7. The topological polar surface area (TPSA) is 70.6 Å². The fraction of sp³-hybridized carbons (Fsp3) is 0.600. The molecule has 0 aliphatic carbocycles. The van der Waals surface area contributed by atoms with Crippen LogP contribution in [-0.2, 0) is 4.74 Å². The first-order valence-corrected chi connectivity index (χ1v) is 10.00. The molecule has 0 bridgehead atoms. The number of hydrogen-bond donors (Lipinski definition) is 1. The quantitative estimate of drug-likeness (QED) is 0.875. The lowest BCUT2D eigenvalue weighted by Crippen LogP contribution is -2.43. The van der Waals surface area contributed by atoms with Gasteiger partial charge in [0.15, 0.2) is 0 Å². The second-order valence-corrected chi connectivity index (χ2v) is 7.89. The van der Waals surface area contributed by atoms with Crippen LogP contribution in [0.2, 0.25) is 0 Å². The minimum atomic E-state index is -0.323. The summed E-state index contributed by atoms with van der Waals surface area (Å²) in [5.74, 6) is 0.262. The molecule has 2 aliphatic rings. The van der Waals surface area contributed by atoms with Gasteiger partial charge in [0.25, 0.3) is 0 Å². The average molecular weight is 390 g/mol. The minimum absolute atomic E-state index is 0.0977. The van der Waals surface area contributed by atoms with Gasteiger partial charge in [0.1, 0.15) is 5.82 Å². The Morgan fingerprint density at radius 2 is 1.89 bits per heavy atom. The normalized spacial score (nSPS) is 20.0. The first kappa shape index (κ1) is 19.0.